The third-order valence-electron chi connectivity index (χ3n) is 3.40. The number of amides is 1. The van der Waals surface area contributed by atoms with Crippen LogP contribution in [0.2, 0.25) is 0 Å². The molecule has 1 amide bonds. The topological polar surface area (TPSA) is 47.6 Å². The van der Waals surface area contributed by atoms with Gasteiger partial charge in [0.2, 0.25) is 5.91 Å². The normalized spacial score (nSPS) is 12.1. The molecule has 1 rings (SSSR count). The standard InChI is InChI=1S/C17H27NO3/c1-12(2)6-7-13(3)18-17(19)11-14-8-9-15(20-4)16(10-14)21-5/h8-10,12-13H,6-7,11H2,1-5H3,(H,18,19). The summed E-state index contributed by atoms with van der Waals surface area (Å²) in [5.41, 5.74) is 0.918. The predicted octanol–water partition coefficient (Wildman–Crippen LogP) is 3.19. The number of benzene rings is 1. The lowest BCUT2D eigenvalue weighted by molar-refractivity contribution is -0.121. The van der Waals surface area contributed by atoms with E-state index >= 15 is 0 Å². The van der Waals surface area contributed by atoms with Gasteiger partial charge in [-0.25, -0.2) is 0 Å². The molecule has 0 heterocycles. The zero-order chi connectivity index (χ0) is 15.8. The van der Waals surface area contributed by atoms with E-state index in [1.54, 1.807) is 14.2 Å². The number of ether oxygens (including phenoxy) is 2. The number of methoxy groups -OCH3 is 2. The van der Waals surface area contributed by atoms with Crippen LogP contribution in [0.5, 0.6) is 11.5 Å². The van der Waals surface area contributed by atoms with E-state index < -0.39 is 0 Å². The summed E-state index contributed by atoms with van der Waals surface area (Å²) >= 11 is 0. The quantitative estimate of drug-likeness (QED) is 0.800. The first-order valence-electron chi connectivity index (χ1n) is 7.46. The zero-order valence-electron chi connectivity index (χ0n) is 13.7. The molecule has 4 nitrogen and oxygen atoms in total. The van der Waals surface area contributed by atoms with Gasteiger partial charge in [0.25, 0.3) is 0 Å². The first-order valence-corrected chi connectivity index (χ1v) is 7.46. The van der Waals surface area contributed by atoms with Crippen LogP contribution in [0.1, 0.15) is 39.2 Å². The molecule has 0 aromatic heterocycles. The van der Waals surface area contributed by atoms with Crippen LogP contribution in [0.4, 0.5) is 0 Å². The van der Waals surface area contributed by atoms with Crippen LogP contribution in [0.25, 0.3) is 0 Å². The second-order valence-corrected chi connectivity index (χ2v) is 5.81. The number of nitrogens with one attached hydrogen (secondary N) is 1. The van der Waals surface area contributed by atoms with Gasteiger partial charge in [-0.1, -0.05) is 19.9 Å². The average Bonchev–Trinajstić information content (AvgIpc) is 2.44. The molecule has 0 saturated heterocycles. The molecule has 0 spiro atoms. The first-order chi connectivity index (χ1) is 9.96. The van der Waals surface area contributed by atoms with E-state index in [4.69, 9.17) is 9.47 Å². The molecule has 0 fully saturated rings. The van der Waals surface area contributed by atoms with Gasteiger partial charge in [0.05, 0.1) is 20.6 Å². The molecule has 1 atom stereocenters. The molecule has 0 aliphatic carbocycles. The van der Waals surface area contributed by atoms with Crippen LogP contribution >= 0.6 is 0 Å². The van der Waals surface area contributed by atoms with E-state index in [9.17, 15) is 4.79 Å². The van der Waals surface area contributed by atoms with E-state index in [2.05, 4.69) is 26.1 Å². The minimum Gasteiger partial charge on any atom is -0.493 e. The van der Waals surface area contributed by atoms with E-state index in [-0.39, 0.29) is 11.9 Å². The minimum absolute atomic E-state index is 0.0403. The molecule has 0 aliphatic heterocycles. The molecule has 0 aliphatic rings. The molecule has 21 heavy (non-hydrogen) atoms. The molecule has 118 valence electrons. The SMILES string of the molecule is COc1ccc(CC(=O)NC(C)CCC(C)C)cc1OC. The molecule has 1 aromatic carbocycles. The first kappa shape index (κ1) is 17.3. The summed E-state index contributed by atoms with van der Waals surface area (Å²) in [5, 5.41) is 3.04. The van der Waals surface area contributed by atoms with Crippen molar-refractivity contribution in [1.82, 2.24) is 5.32 Å². The van der Waals surface area contributed by atoms with Gasteiger partial charge in [-0.3, -0.25) is 4.79 Å². The van der Waals surface area contributed by atoms with Gasteiger partial charge in [-0.05, 0) is 43.4 Å². The Balaban J connectivity index is 2.54. The Hall–Kier alpha value is -1.71. The van der Waals surface area contributed by atoms with E-state index in [0.29, 0.717) is 23.8 Å². The second kappa shape index (κ2) is 8.55. The predicted molar refractivity (Wildman–Crippen MR) is 84.9 cm³/mol. The highest BCUT2D eigenvalue weighted by atomic mass is 16.5. The van der Waals surface area contributed by atoms with Crippen molar-refractivity contribution in [2.24, 2.45) is 5.92 Å². The number of carbonyl (C=O) groups excluding carboxylic acids is 1. The summed E-state index contributed by atoms with van der Waals surface area (Å²) < 4.78 is 10.4. The van der Waals surface area contributed by atoms with Gasteiger partial charge >= 0.3 is 0 Å². The van der Waals surface area contributed by atoms with Gasteiger partial charge in [-0.15, -0.1) is 0 Å². The largest absolute Gasteiger partial charge is 0.493 e. The maximum Gasteiger partial charge on any atom is 0.224 e. The van der Waals surface area contributed by atoms with Crippen molar-refractivity contribution in [3.63, 3.8) is 0 Å². The minimum atomic E-state index is 0.0403. The van der Waals surface area contributed by atoms with Crippen LogP contribution in [0.3, 0.4) is 0 Å². The molecular formula is C17H27NO3. The Kier molecular flexibility index (Phi) is 7.06. The van der Waals surface area contributed by atoms with E-state index in [1.807, 2.05) is 18.2 Å². The third kappa shape index (κ3) is 6.06. The Morgan fingerprint density at radius 3 is 2.33 bits per heavy atom. The molecule has 0 saturated carbocycles. The fourth-order valence-electron chi connectivity index (χ4n) is 2.16. The van der Waals surface area contributed by atoms with Crippen LogP contribution in [-0.2, 0) is 11.2 Å². The summed E-state index contributed by atoms with van der Waals surface area (Å²) in [5.74, 6) is 2.02. The van der Waals surface area contributed by atoms with Crippen LogP contribution < -0.4 is 14.8 Å². The highest BCUT2D eigenvalue weighted by Gasteiger charge is 2.11. The van der Waals surface area contributed by atoms with Gasteiger partial charge in [-0.2, -0.15) is 0 Å². The smallest absolute Gasteiger partial charge is 0.224 e. The van der Waals surface area contributed by atoms with Gasteiger partial charge < -0.3 is 14.8 Å². The summed E-state index contributed by atoms with van der Waals surface area (Å²) in [6.45, 7) is 6.44. The Morgan fingerprint density at radius 2 is 1.76 bits per heavy atom. The summed E-state index contributed by atoms with van der Waals surface area (Å²) in [7, 11) is 3.19. The van der Waals surface area contributed by atoms with Crippen LogP contribution in [0, 0.1) is 5.92 Å². The third-order valence-corrected chi connectivity index (χ3v) is 3.40. The number of hydrogen-bond acceptors (Lipinski definition) is 3. The maximum atomic E-state index is 12.0. The Bertz CT molecular complexity index is 457. The van der Waals surface area contributed by atoms with Crippen LogP contribution in [-0.4, -0.2) is 26.2 Å². The van der Waals surface area contributed by atoms with E-state index in [1.165, 1.54) is 0 Å². The van der Waals surface area contributed by atoms with Crippen molar-refractivity contribution >= 4 is 5.91 Å². The molecule has 1 N–H and O–H groups in total. The van der Waals surface area contributed by atoms with Crippen molar-refractivity contribution in [3.8, 4) is 11.5 Å². The maximum absolute atomic E-state index is 12.0. The van der Waals surface area contributed by atoms with Crippen molar-refractivity contribution in [3.05, 3.63) is 23.8 Å². The second-order valence-electron chi connectivity index (χ2n) is 5.81. The van der Waals surface area contributed by atoms with Crippen molar-refractivity contribution in [1.29, 1.82) is 0 Å². The molecule has 0 bridgehead atoms. The average molecular weight is 293 g/mol. The number of hydrogen-bond donors (Lipinski definition) is 1. The number of rotatable bonds is 8. The molecule has 0 radical (unpaired) electrons. The highest BCUT2D eigenvalue weighted by Crippen LogP contribution is 2.27. The lowest BCUT2D eigenvalue weighted by atomic mass is 10.0. The molecular weight excluding hydrogens is 266 g/mol. The zero-order valence-corrected chi connectivity index (χ0v) is 13.7. The van der Waals surface area contributed by atoms with Crippen molar-refractivity contribution < 1.29 is 14.3 Å². The summed E-state index contributed by atoms with van der Waals surface area (Å²) in [4.78, 5) is 12.0. The Morgan fingerprint density at radius 1 is 1.10 bits per heavy atom. The monoisotopic (exact) mass is 293 g/mol. The molecule has 1 aromatic rings. The summed E-state index contributed by atoms with van der Waals surface area (Å²) in [6.07, 6.45) is 2.49. The fraction of sp³-hybridized carbons (Fsp3) is 0.588. The van der Waals surface area contributed by atoms with Crippen LogP contribution in [0.15, 0.2) is 18.2 Å². The molecule has 1 unspecified atom stereocenters. The van der Waals surface area contributed by atoms with Gasteiger partial charge in [0.1, 0.15) is 0 Å². The summed E-state index contributed by atoms with van der Waals surface area (Å²) in [6, 6.07) is 5.76. The number of carbonyl (C=O) groups is 1. The fourth-order valence-corrected chi connectivity index (χ4v) is 2.16. The van der Waals surface area contributed by atoms with Crippen molar-refractivity contribution in [2.45, 2.75) is 46.1 Å². The lowest BCUT2D eigenvalue weighted by Gasteiger charge is -2.15. The highest BCUT2D eigenvalue weighted by molar-refractivity contribution is 5.79. The lowest BCUT2D eigenvalue weighted by Crippen LogP contribution is -2.33. The molecule has 4 heteroatoms. The van der Waals surface area contributed by atoms with Crippen molar-refractivity contribution in [2.75, 3.05) is 14.2 Å². The Labute approximate surface area is 127 Å². The van der Waals surface area contributed by atoms with Gasteiger partial charge in [0.15, 0.2) is 11.5 Å². The van der Waals surface area contributed by atoms with E-state index in [0.717, 1.165) is 18.4 Å². The van der Waals surface area contributed by atoms with Gasteiger partial charge in [0, 0.05) is 6.04 Å².